The molecule has 15 heavy (non-hydrogen) atoms. The van der Waals surface area contributed by atoms with Crippen molar-refractivity contribution in [3.63, 3.8) is 0 Å². The van der Waals surface area contributed by atoms with Gasteiger partial charge in [0.15, 0.2) is 0 Å². The van der Waals surface area contributed by atoms with Gasteiger partial charge in [-0.25, -0.2) is 4.98 Å². The van der Waals surface area contributed by atoms with Crippen molar-refractivity contribution in [3.8, 4) is 0 Å². The zero-order valence-corrected chi connectivity index (χ0v) is 10.7. The van der Waals surface area contributed by atoms with Crippen LogP contribution in [0, 0.1) is 12.8 Å². The van der Waals surface area contributed by atoms with Crippen LogP contribution < -0.4 is 4.90 Å². The Morgan fingerprint density at radius 1 is 1.47 bits per heavy atom. The van der Waals surface area contributed by atoms with Gasteiger partial charge in [0.1, 0.15) is 5.82 Å². The fourth-order valence-corrected chi connectivity index (χ4v) is 1.88. The summed E-state index contributed by atoms with van der Waals surface area (Å²) in [4.78, 5) is 6.64. The highest BCUT2D eigenvalue weighted by Gasteiger charge is 2.08. The van der Waals surface area contributed by atoms with Gasteiger partial charge in [0.2, 0.25) is 0 Å². The van der Waals surface area contributed by atoms with Crippen LogP contribution in [0.25, 0.3) is 0 Å². The Kier molecular flexibility index (Phi) is 4.40. The van der Waals surface area contributed by atoms with Gasteiger partial charge in [-0.15, -0.1) is 11.6 Å². The maximum Gasteiger partial charge on any atom is 0.131 e. The fourth-order valence-electron chi connectivity index (χ4n) is 1.73. The van der Waals surface area contributed by atoms with E-state index in [1.807, 2.05) is 6.20 Å². The van der Waals surface area contributed by atoms with Crippen molar-refractivity contribution in [2.75, 3.05) is 18.5 Å². The van der Waals surface area contributed by atoms with Gasteiger partial charge in [-0.3, -0.25) is 0 Å². The fraction of sp³-hybridized carbons (Fsp3) is 0.583. The Hall–Kier alpha value is -0.760. The number of anilines is 1. The monoisotopic (exact) mass is 226 g/mol. The predicted octanol–water partition coefficient (Wildman–Crippen LogP) is 3.22. The first-order chi connectivity index (χ1) is 7.04. The van der Waals surface area contributed by atoms with Gasteiger partial charge >= 0.3 is 0 Å². The highest BCUT2D eigenvalue weighted by Crippen LogP contribution is 2.18. The Balaban J connectivity index is 2.85. The van der Waals surface area contributed by atoms with Crippen LogP contribution >= 0.6 is 11.6 Å². The molecule has 1 rings (SSSR count). The van der Waals surface area contributed by atoms with Gasteiger partial charge in [-0.05, 0) is 30.0 Å². The van der Waals surface area contributed by atoms with E-state index in [9.17, 15) is 0 Å². The van der Waals surface area contributed by atoms with Crippen LogP contribution in [-0.4, -0.2) is 18.6 Å². The summed E-state index contributed by atoms with van der Waals surface area (Å²) < 4.78 is 0. The number of rotatable bonds is 4. The molecule has 0 saturated carbocycles. The van der Waals surface area contributed by atoms with Crippen molar-refractivity contribution in [1.29, 1.82) is 0 Å². The van der Waals surface area contributed by atoms with Gasteiger partial charge < -0.3 is 4.90 Å². The first kappa shape index (κ1) is 12.3. The number of nitrogens with zero attached hydrogens (tertiary/aromatic N) is 2. The number of hydrogen-bond acceptors (Lipinski definition) is 2. The van der Waals surface area contributed by atoms with Gasteiger partial charge in [0.05, 0.1) is 0 Å². The van der Waals surface area contributed by atoms with Crippen molar-refractivity contribution in [2.24, 2.45) is 5.92 Å². The molecule has 0 unspecified atom stereocenters. The summed E-state index contributed by atoms with van der Waals surface area (Å²) in [5.74, 6) is 2.23. The molecule has 1 aromatic rings. The van der Waals surface area contributed by atoms with Crippen LogP contribution in [0.2, 0.25) is 0 Å². The number of aryl methyl sites for hydroxylation is 1. The maximum atomic E-state index is 5.76. The lowest BCUT2D eigenvalue weighted by atomic mass is 10.2. The molecule has 0 aliphatic heterocycles. The quantitative estimate of drug-likeness (QED) is 0.733. The summed E-state index contributed by atoms with van der Waals surface area (Å²) >= 11 is 5.76. The average Bonchev–Trinajstić information content (AvgIpc) is 2.16. The van der Waals surface area contributed by atoms with E-state index < -0.39 is 0 Å². The number of hydrogen-bond donors (Lipinski definition) is 0. The third-order valence-electron chi connectivity index (χ3n) is 2.26. The molecular formula is C12H19ClN2. The molecule has 2 nitrogen and oxygen atoms in total. The van der Waals surface area contributed by atoms with Crippen LogP contribution in [0.3, 0.4) is 0 Å². The summed E-state index contributed by atoms with van der Waals surface area (Å²) in [7, 11) is 2.08. The van der Waals surface area contributed by atoms with E-state index >= 15 is 0 Å². The Bertz CT molecular complexity index is 323. The van der Waals surface area contributed by atoms with E-state index in [1.54, 1.807) is 0 Å². The van der Waals surface area contributed by atoms with E-state index in [0.717, 1.165) is 17.9 Å². The maximum absolute atomic E-state index is 5.76. The minimum absolute atomic E-state index is 0.530. The van der Waals surface area contributed by atoms with Crippen molar-refractivity contribution in [2.45, 2.75) is 26.7 Å². The average molecular weight is 227 g/mol. The second kappa shape index (κ2) is 5.36. The first-order valence-electron chi connectivity index (χ1n) is 5.27. The van der Waals surface area contributed by atoms with Gasteiger partial charge in [-0.1, -0.05) is 13.8 Å². The van der Waals surface area contributed by atoms with Crippen LogP contribution in [0.1, 0.15) is 25.0 Å². The molecule has 0 fully saturated rings. The van der Waals surface area contributed by atoms with Gasteiger partial charge in [-0.2, -0.15) is 0 Å². The Morgan fingerprint density at radius 3 is 2.60 bits per heavy atom. The number of alkyl halides is 1. The SMILES string of the molecule is Cc1cc(CCl)cnc1N(C)CC(C)C. The van der Waals surface area contributed by atoms with Crippen LogP contribution in [-0.2, 0) is 5.88 Å². The summed E-state index contributed by atoms with van der Waals surface area (Å²) in [5, 5.41) is 0. The zero-order chi connectivity index (χ0) is 11.4. The number of pyridine rings is 1. The molecule has 3 heteroatoms. The summed E-state index contributed by atoms with van der Waals surface area (Å²) in [5.41, 5.74) is 2.27. The summed E-state index contributed by atoms with van der Waals surface area (Å²) in [6, 6.07) is 2.10. The molecule has 0 saturated heterocycles. The van der Waals surface area contributed by atoms with Gasteiger partial charge in [0, 0.05) is 25.7 Å². The third kappa shape index (κ3) is 3.38. The minimum atomic E-state index is 0.530. The molecule has 0 radical (unpaired) electrons. The van der Waals surface area contributed by atoms with Crippen LogP contribution in [0.4, 0.5) is 5.82 Å². The highest BCUT2D eigenvalue weighted by molar-refractivity contribution is 6.17. The molecule has 84 valence electrons. The predicted molar refractivity (Wildman–Crippen MR) is 66.6 cm³/mol. The van der Waals surface area contributed by atoms with Crippen molar-refractivity contribution >= 4 is 17.4 Å². The number of halogens is 1. The van der Waals surface area contributed by atoms with E-state index in [4.69, 9.17) is 11.6 Å². The van der Waals surface area contributed by atoms with Crippen molar-refractivity contribution < 1.29 is 0 Å². The van der Waals surface area contributed by atoms with Crippen molar-refractivity contribution in [3.05, 3.63) is 23.4 Å². The summed E-state index contributed by atoms with van der Waals surface area (Å²) in [6.07, 6.45) is 1.85. The molecular weight excluding hydrogens is 208 g/mol. The zero-order valence-electron chi connectivity index (χ0n) is 9.92. The molecule has 0 aliphatic carbocycles. The first-order valence-corrected chi connectivity index (χ1v) is 5.80. The van der Waals surface area contributed by atoms with E-state index in [0.29, 0.717) is 11.8 Å². The molecule has 0 amide bonds. The topological polar surface area (TPSA) is 16.1 Å². The standard InChI is InChI=1S/C12H19ClN2/c1-9(2)8-15(4)12-10(3)5-11(6-13)7-14-12/h5,7,9H,6,8H2,1-4H3. The molecule has 0 aliphatic rings. The minimum Gasteiger partial charge on any atom is -0.359 e. The molecule has 1 aromatic heterocycles. The Morgan fingerprint density at radius 2 is 2.13 bits per heavy atom. The third-order valence-corrected chi connectivity index (χ3v) is 2.57. The van der Waals surface area contributed by atoms with E-state index in [-0.39, 0.29) is 0 Å². The smallest absolute Gasteiger partial charge is 0.131 e. The molecule has 0 bridgehead atoms. The molecule has 1 heterocycles. The molecule has 0 spiro atoms. The lowest BCUT2D eigenvalue weighted by Gasteiger charge is -2.22. The van der Waals surface area contributed by atoms with Crippen molar-refractivity contribution in [1.82, 2.24) is 4.98 Å². The van der Waals surface area contributed by atoms with E-state index in [1.165, 1.54) is 5.56 Å². The lowest BCUT2D eigenvalue weighted by molar-refractivity contribution is 0.633. The van der Waals surface area contributed by atoms with Crippen LogP contribution in [0.15, 0.2) is 12.3 Å². The van der Waals surface area contributed by atoms with Gasteiger partial charge in [0.25, 0.3) is 0 Å². The number of aromatic nitrogens is 1. The second-order valence-corrected chi connectivity index (χ2v) is 4.66. The molecule has 0 aromatic carbocycles. The normalized spacial score (nSPS) is 10.8. The highest BCUT2D eigenvalue weighted by atomic mass is 35.5. The lowest BCUT2D eigenvalue weighted by Crippen LogP contribution is -2.24. The van der Waals surface area contributed by atoms with E-state index in [2.05, 4.69) is 43.8 Å². The molecule has 0 N–H and O–H groups in total. The molecule has 0 atom stereocenters. The largest absolute Gasteiger partial charge is 0.359 e. The summed E-state index contributed by atoms with van der Waals surface area (Å²) in [6.45, 7) is 7.52. The Labute approximate surface area is 97.3 Å². The second-order valence-electron chi connectivity index (χ2n) is 4.39. The van der Waals surface area contributed by atoms with Crippen LogP contribution in [0.5, 0.6) is 0 Å².